The quantitative estimate of drug-likeness (QED) is 0.795. The number of carbonyl (C=O) groups is 2. The lowest BCUT2D eigenvalue weighted by Gasteiger charge is -2.35. The molecule has 0 aromatic carbocycles. The van der Waals surface area contributed by atoms with Gasteiger partial charge in [-0.25, -0.2) is 4.79 Å². The Morgan fingerprint density at radius 2 is 2.09 bits per heavy atom. The van der Waals surface area contributed by atoms with E-state index >= 15 is 0 Å². The zero-order chi connectivity index (χ0) is 15.9. The van der Waals surface area contributed by atoms with Crippen LogP contribution in [-0.4, -0.2) is 58.7 Å². The predicted molar refractivity (Wildman–Crippen MR) is 78.9 cm³/mol. The molecule has 3 rings (SSSR count). The Morgan fingerprint density at radius 3 is 2.82 bits per heavy atom. The number of aromatic nitrogens is 1. The third-order valence-corrected chi connectivity index (χ3v) is 4.34. The molecule has 7 heteroatoms. The SMILES string of the molecule is CCn1c(C)ccc(C(=O)N2CCN3C(=O)OC[C@H]3C2)c1=O. The number of rotatable bonds is 2. The molecule has 0 bridgehead atoms. The molecule has 0 aliphatic carbocycles. The summed E-state index contributed by atoms with van der Waals surface area (Å²) in [5.41, 5.74) is 0.767. The maximum atomic E-state index is 12.6. The van der Waals surface area contributed by atoms with Gasteiger partial charge in [0, 0.05) is 31.9 Å². The van der Waals surface area contributed by atoms with Crippen molar-refractivity contribution in [2.24, 2.45) is 0 Å². The molecular weight excluding hydrogens is 286 g/mol. The van der Waals surface area contributed by atoms with E-state index in [0.717, 1.165) is 5.69 Å². The van der Waals surface area contributed by atoms with Gasteiger partial charge in [0.15, 0.2) is 0 Å². The molecule has 1 atom stereocenters. The van der Waals surface area contributed by atoms with Crippen LogP contribution in [0.1, 0.15) is 23.0 Å². The maximum absolute atomic E-state index is 12.6. The van der Waals surface area contributed by atoms with E-state index in [4.69, 9.17) is 4.74 Å². The number of fused-ring (bicyclic) bond motifs is 1. The van der Waals surface area contributed by atoms with Gasteiger partial charge < -0.3 is 14.2 Å². The van der Waals surface area contributed by atoms with Gasteiger partial charge >= 0.3 is 6.09 Å². The van der Waals surface area contributed by atoms with Crippen LogP contribution in [0.3, 0.4) is 0 Å². The summed E-state index contributed by atoms with van der Waals surface area (Å²) in [6, 6.07) is 3.27. The Balaban J connectivity index is 1.83. The van der Waals surface area contributed by atoms with Gasteiger partial charge in [0.2, 0.25) is 0 Å². The second-order valence-corrected chi connectivity index (χ2v) is 5.61. The molecule has 2 amide bonds. The van der Waals surface area contributed by atoms with Gasteiger partial charge in [-0.05, 0) is 26.0 Å². The molecule has 2 saturated heterocycles. The minimum atomic E-state index is -0.319. The molecule has 3 heterocycles. The molecule has 7 nitrogen and oxygen atoms in total. The molecule has 2 fully saturated rings. The fourth-order valence-corrected chi connectivity index (χ4v) is 3.07. The first-order valence-electron chi connectivity index (χ1n) is 7.46. The van der Waals surface area contributed by atoms with Gasteiger partial charge in [-0.2, -0.15) is 0 Å². The second kappa shape index (κ2) is 5.47. The number of hydrogen-bond acceptors (Lipinski definition) is 4. The number of aryl methyl sites for hydroxylation is 1. The zero-order valence-electron chi connectivity index (χ0n) is 12.7. The number of amides is 2. The lowest BCUT2D eigenvalue weighted by atomic mass is 10.1. The highest BCUT2D eigenvalue weighted by molar-refractivity contribution is 5.94. The molecule has 1 aromatic rings. The van der Waals surface area contributed by atoms with Crippen LogP contribution in [0.5, 0.6) is 0 Å². The van der Waals surface area contributed by atoms with Crippen LogP contribution in [-0.2, 0) is 11.3 Å². The summed E-state index contributed by atoms with van der Waals surface area (Å²) in [6.07, 6.45) is -0.319. The largest absolute Gasteiger partial charge is 0.447 e. The van der Waals surface area contributed by atoms with Crippen molar-refractivity contribution in [1.82, 2.24) is 14.4 Å². The Hall–Kier alpha value is -2.31. The molecule has 0 unspecified atom stereocenters. The molecule has 2 aliphatic rings. The average molecular weight is 305 g/mol. The van der Waals surface area contributed by atoms with E-state index in [1.807, 2.05) is 13.8 Å². The van der Waals surface area contributed by atoms with Gasteiger partial charge in [-0.3, -0.25) is 14.5 Å². The maximum Gasteiger partial charge on any atom is 0.410 e. The summed E-state index contributed by atoms with van der Waals surface area (Å²) in [4.78, 5) is 39.8. The standard InChI is InChI=1S/C15H19N3O4/c1-3-17-10(2)4-5-12(14(17)20)13(19)16-6-7-18-11(8-16)9-22-15(18)21/h4-5,11H,3,6-9H2,1-2H3/t11-/m1/s1. The summed E-state index contributed by atoms with van der Waals surface area (Å²) in [5, 5.41) is 0. The third-order valence-electron chi connectivity index (χ3n) is 4.34. The third kappa shape index (κ3) is 2.26. The molecule has 0 spiro atoms. The topological polar surface area (TPSA) is 71.8 Å². The molecule has 22 heavy (non-hydrogen) atoms. The van der Waals surface area contributed by atoms with Crippen LogP contribution in [0.4, 0.5) is 4.79 Å². The van der Waals surface area contributed by atoms with E-state index in [0.29, 0.717) is 32.8 Å². The van der Waals surface area contributed by atoms with Gasteiger partial charge in [-0.1, -0.05) is 0 Å². The van der Waals surface area contributed by atoms with E-state index in [1.54, 1.807) is 26.5 Å². The van der Waals surface area contributed by atoms with Crippen LogP contribution in [0.25, 0.3) is 0 Å². The zero-order valence-corrected chi connectivity index (χ0v) is 12.7. The Labute approximate surface area is 128 Å². The Kier molecular flexibility index (Phi) is 3.64. The van der Waals surface area contributed by atoms with Crippen LogP contribution in [0, 0.1) is 6.92 Å². The van der Waals surface area contributed by atoms with Gasteiger partial charge in [0.1, 0.15) is 12.2 Å². The first-order valence-corrected chi connectivity index (χ1v) is 7.46. The number of ether oxygens (including phenoxy) is 1. The first-order chi connectivity index (χ1) is 10.5. The van der Waals surface area contributed by atoms with Crippen LogP contribution in [0.15, 0.2) is 16.9 Å². The Bertz CT molecular complexity index is 682. The van der Waals surface area contributed by atoms with E-state index in [9.17, 15) is 14.4 Å². The highest BCUT2D eigenvalue weighted by Crippen LogP contribution is 2.18. The summed E-state index contributed by atoms with van der Waals surface area (Å²) in [5.74, 6) is -0.272. The first kappa shape index (κ1) is 14.6. The van der Waals surface area contributed by atoms with Crippen molar-refractivity contribution in [2.45, 2.75) is 26.4 Å². The van der Waals surface area contributed by atoms with Crippen molar-refractivity contribution in [1.29, 1.82) is 0 Å². The van der Waals surface area contributed by atoms with Crippen molar-refractivity contribution in [3.8, 4) is 0 Å². The average Bonchev–Trinajstić information content (AvgIpc) is 2.88. The summed E-state index contributed by atoms with van der Waals surface area (Å²) in [6.45, 7) is 5.83. The summed E-state index contributed by atoms with van der Waals surface area (Å²) >= 11 is 0. The highest BCUT2D eigenvalue weighted by atomic mass is 16.6. The summed E-state index contributed by atoms with van der Waals surface area (Å²) < 4.78 is 6.58. The van der Waals surface area contributed by atoms with Crippen molar-refractivity contribution in [3.63, 3.8) is 0 Å². The number of nitrogens with zero attached hydrogens (tertiary/aromatic N) is 3. The van der Waals surface area contributed by atoms with E-state index in [1.165, 1.54) is 0 Å². The number of hydrogen-bond donors (Lipinski definition) is 0. The number of carbonyl (C=O) groups excluding carboxylic acids is 2. The van der Waals surface area contributed by atoms with Gasteiger partial charge in [0.25, 0.3) is 11.5 Å². The molecule has 0 radical (unpaired) electrons. The fourth-order valence-electron chi connectivity index (χ4n) is 3.07. The molecular formula is C15H19N3O4. The molecule has 0 saturated carbocycles. The lowest BCUT2D eigenvalue weighted by Crippen LogP contribution is -2.54. The van der Waals surface area contributed by atoms with E-state index < -0.39 is 0 Å². The monoisotopic (exact) mass is 305 g/mol. The molecule has 1 aromatic heterocycles. The normalized spacial score (nSPS) is 20.8. The van der Waals surface area contributed by atoms with Crippen molar-refractivity contribution < 1.29 is 14.3 Å². The number of pyridine rings is 1. The minimum Gasteiger partial charge on any atom is -0.447 e. The van der Waals surface area contributed by atoms with Crippen molar-refractivity contribution in [3.05, 3.63) is 33.7 Å². The van der Waals surface area contributed by atoms with Crippen LogP contribution >= 0.6 is 0 Å². The van der Waals surface area contributed by atoms with E-state index in [2.05, 4.69) is 0 Å². The van der Waals surface area contributed by atoms with Crippen molar-refractivity contribution in [2.75, 3.05) is 26.2 Å². The lowest BCUT2D eigenvalue weighted by molar-refractivity contribution is 0.0614. The van der Waals surface area contributed by atoms with Crippen LogP contribution < -0.4 is 5.56 Å². The highest BCUT2D eigenvalue weighted by Gasteiger charge is 2.39. The molecule has 2 aliphatic heterocycles. The molecule has 118 valence electrons. The predicted octanol–water partition coefficient (Wildman–Crippen LogP) is 0.453. The fraction of sp³-hybridized carbons (Fsp3) is 0.533. The summed E-state index contributed by atoms with van der Waals surface area (Å²) in [7, 11) is 0. The number of cyclic esters (lactones) is 1. The second-order valence-electron chi connectivity index (χ2n) is 5.61. The minimum absolute atomic E-state index is 0.107. The van der Waals surface area contributed by atoms with Crippen LogP contribution in [0.2, 0.25) is 0 Å². The smallest absolute Gasteiger partial charge is 0.410 e. The Morgan fingerprint density at radius 1 is 1.32 bits per heavy atom. The van der Waals surface area contributed by atoms with Crippen molar-refractivity contribution >= 4 is 12.0 Å². The van der Waals surface area contributed by atoms with Gasteiger partial charge in [-0.15, -0.1) is 0 Å². The number of piperazine rings is 1. The van der Waals surface area contributed by atoms with E-state index in [-0.39, 0.29) is 29.2 Å². The van der Waals surface area contributed by atoms with Gasteiger partial charge in [0.05, 0.1) is 6.04 Å². The molecule has 0 N–H and O–H groups in total.